The van der Waals surface area contributed by atoms with Gasteiger partial charge in [-0.3, -0.25) is 4.79 Å². The summed E-state index contributed by atoms with van der Waals surface area (Å²) in [6, 6.07) is 7.11. The van der Waals surface area contributed by atoms with Gasteiger partial charge in [0.2, 0.25) is 5.60 Å². The molecule has 0 unspecified atom stereocenters. The van der Waals surface area contributed by atoms with Gasteiger partial charge in [-0.15, -0.1) is 0 Å². The number of benzene rings is 1. The van der Waals surface area contributed by atoms with E-state index in [4.69, 9.17) is 9.47 Å². The number of amides is 1. The van der Waals surface area contributed by atoms with Crippen LogP contribution in [-0.2, 0) is 9.53 Å². The maximum Gasteiger partial charge on any atom is 0.359 e. The van der Waals surface area contributed by atoms with Crippen LogP contribution in [0.4, 0.5) is 0 Å². The van der Waals surface area contributed by atoms with E-state index in [1.54, 1.807) is 38.2 Å². The highest BCUT2D eigenvalue weighted by molar-refractivity contribution is 6.01. The highest BCUT2D eigenvalue weighted by Crippen LogP contribution is 2.24. The summed E-state index contributed by atoms with van der Waals surface area (Å²) in [6.07, 6.45) is 1.71. The van der Waals surface area contributed by atoms with Gasteiger partial charge in [0.25, 0.3) is 5.91 Å². The summed E-state index contributed by atoms with van der Waals surface area (Å²) in [5, 5.41) is 15.3. The van der Waals surface area contributed by atoms with Gasteiger partial charge in [0.15, 0.2) is 11.3 Å². The molecule has 1 atom stereocenters. The Balaban J connectivity index is 1.78. The number of hydrogen-bond acceptors (Lipinski definition) is 8. The molecule has 1 saturated heterocycles. The molecule has 4 rings (SSSR count). The molecule has 0 bridgehead atoms. The van der Waals surface area contributed by atoms with E-state index >= 15 is 0 Å². The number of carbonyl (C=O) groups excluding carboxylic acids is 2. The number of esters is 1. The number of likely N-dealkylation sites (N-methyl/N-ethyl adjacent to an activating group) is 1. The van der Waals surface area contributed by atoms with Gasteiger partial charge in [-0.25, -0.2) is 14.5 Å². The van der Waals surface area contributed by atoms with Crippen molar-refractivity contribution in [1.29, 1.82) is 0 Å². The van der Waals surface area contributed by atoms with E-state index in [2.05, 4.69) is 26.9 Å². The van der Waals surface area contributed by atoms with Gasteiger partial charge < -0.3 is 19.5 Å². The van der Waals surface area contributed by atoms with Gasteiger partial charge in [-0.1, -0.05) is 17.9 Å². The molecule has 1 aromatic carbocycles. The Morgan fingerprint density at radius 2 is 2.19 bits per heavy atom. The minimum absolute atomic E-state index is 0.0786. The van der Waals surface area contributed by atoms with E-state index in [1.165, 1.54) is 22.9 Å². The molecule has 1 aliphatic heterocycles. The molecule has 1 N–H and O–H groups in total. The van der Waals surface area contributed by atoms with Gasteiger partial charge in [0, 0.05) is 31.8 Å². The second-order valence-corrected chi connectivity index (χ2v) is 7.21. The zero-order chi connectivity index (χ0) is 22.9. The minimum atomic E-state index is -1.69. The smallest absolute Gasteiger partial charge is 0.359 e. The number of aromatic nitrogens is 4. The fourth-order valence-corrected chi connectivity index (χ4v) is 3.38. The molecule has 0 saturated carbocycles. The van der Waals surface area contributed by atoms with Crippen LogP contribution in [0.25, 0.3) is 16.7 Å². The van der Waals surface area contributed by atoms with Crippen molar-refractivity contribution in [2.45, 2.75) is 18.9 Å². The first-order chi connectivity index (χ1) is 15.4. The van der Waals surface area contributed by atoms with Gasteiger partial charge >= 0.3 is 12.0 Å². The molecule has 1 amide bonds. The molecule has 3 heterocycles. The van der Waals surface area contributed by atoms with Crippen LogP contribution in [0.15, 0.2) is 30.5 Å². The topological polar surface area (TPSA) is 120 Å². The normalized spacial score (nSPS) is 17.9. The second-order valence-electron chi connectivity index (χ2n) is 7.21. The van der Waals surface area contributed by atoms with Crippen molar-refractivity contribution >= 4 is 22.9 Å². The maximum atomic E-state index is 12.4. The van der Waals surface area contributed by atoms with Crippen LogP contribution in [0.1, 0.15) is 29.4 Å². The lowest BCUT2D eigenvalue weighted by Gasteiger charge is -2.13. The van der Waals surface area contributed by atoms with Crippen molar-refractivity contribution in [2.75, 3.05) is 27.3 Å². The maximum absolute atomic E-state index is 12.4. The Kier molecular flexibility index (Phi) is 5.50. The van der Waals surface area contributed by atoms with Crippen molar-refractivity contribution in [3.05, 3.63) is 41.7 Å². The van der Waals surface area contributed by atoms with Gasteiger partial charge in [0.05, 0.1) is 24.8 Å². The number of fused-ring (bicyclic) bond motifs is 1. The van der Waals surface area contributed by atoms with Crippen LogP contribution in [0.2, 0.25) is 0 Å². The lowest BCUT2D eigenvalue weighted by Crippen LogP contribution is -2.37. The molecule has 0 radical (unpaired) electrons. The van der Waals surface area contributed by atoms with E-state index in [-0.39, 0.29) is 24.7 Å². The van der Waals surface area contributed by atoms with E-state index in [1.807, 2.05) is 0 Å². The monoisotopic (exact) mass is 435 g/mol. The number of methoxy groups -OCH3 is 1. The Labute approximate surface area is 183 Å². The molecule has 164 valence electrons. The van der Waals surface area contributed by atoms with Crippen molar-refractivity contribution in [1.82, 2.24) is 24.6 Å². The molecule has 2 aromatic heterocycles. The third-order valence-corrected chi connectivity index (χ3v) is 5.07. The fraction of sp³-hybridized carbons (Fsp3) is 0.318. The number of carbonyl (C=O) groups is 2. The molecule has 0 spiro atoms. The van der Waals surface area contributed by atoms with E-state index in [9.17, 15) is 14.7 Å². The van der Waals surface area contributed by atoms with Crippen molar-refractivity contribution in [2.24, 2.45) is 0 Å². The quantitative estimate of drug-likeness (QED) is 0.475. The Bertz CT molecular complexity index is 1270. The van der Waals surface area contributed by atoms with Crippen molar-refractivity contribution in [3.63, 3.8) is 0 Å². The molecule has 1 fully saturated rings. The molecule has 10 heteroatoms. The number of rotatable bonds is 4. The SMILES string of the molecule is CCOC(=O)c1nn(-c2cccc(C#C[C@]3(O)CCN(C)C3=O)c2)c2nc(OC)ncc12. The Hall–Kier alpha value is -3.97. The first kappa shape index (κ1) is 21.3. The van der Waals surface area contributed by atoms with Crippen LogP contribution < -0.4 is 4.74 Å². The summed E-state index contributed by atoms with van der Waals surface area (Å²) in [5.41, 5.74) is -0.132. The number of hydrogen-bond donors (Lipinski definition) is 1. The van der Waals surface area contributed by atoms with E-state index in [0.717, 1.165) is 0 Å². The molecule has 32 heavy (non-hydrogen) atoms. The Morgan fingerprint density at radius 1 is 1.38 bits per heavy atom. The molecule has 0 aliphatic carbocycles. The molecule has 10 nitrogen and oxygen atoms in total. The van der Waals surface area contributed by atoms with Gasteiger partial charge in [-0.2, -0.15) is 10.1 Å². The lowest BCUT2D eigenvalue weighted by molar-refractivity contribution is -0.137. The first-order valence-corrected chi connectivity index (χ1v) is 9.94. The van der Waals surface area contributed by atoms with Crippen LogP contribution in [0.3, 0.4) is 0 Å². The molecule has 3 aromatic rings. The van der Waals surface area contributed by atoms with Crippen LogP contribution in [0, 0.1) is 11.8 Å². The van der Waals surface area contributed by atoms with Gasteiger partial charge in [0.1, 0.15) is 0 Å². The zero-order valence-corrected chi connectivity index (χ0v) is 17.8. The Morgan fingerprint density at radius 3 is 2.88 bits per heavy atom. The van der Waals surface area contributed by atoms with Crippen molar-refractivity contribution in [3.8, 4) is 23.5 Å². The average molecular weight is 435 g/mol. The minimum Gasteiger partial charge on any atom is -0.467 e. The average Bonchev–Trinajstić information content (AvgIpc) is 3.31. The van der Waals surface area contributed by atoms with Crippen LogP contribution in [-0.4, -0.2) is 74.5 Å². The summed E-state index contributed by atoms with van der Waals surface area (Å²) in [4.78, 5) is 34.4. The zero-order valence-electron chi connectivity index (χ0n) is 17.8. The number of likely N-dealkylation sites (tertiary alicyclic amines) is 1. The summed E-state index contributed by atoms with van der Waals surface area (Å²) in [7, 11) is 3.07. The summed E-state index contributed by atoms with van der Waals surface area (Å²) in [6.45, 7) is 2.35. The summed E-state index contributed by atoms with van der Waals surface area (Å²) in [5.74, 6) is 4.56. The largest absolute Gasteiger partial charge is 0.467 e. The van der Waals surface area contributed by atoms with Crippen LogP contribution in [0.5, 0.6) is 6.01 Å². The van der Waals surface area contributed by atoms with E-state index < -0.39 is 17.5 Å². The lowest BCUT2D eigenvalue weighted by atomic mass is 10.0. The van der Waals surface area contributed by atoms with Crippen molar-refractivity contribution < 1.29 is 24.2 Å². The molecular formula is C22H21N5O5. The highest BCUT2D eigenvalue weighted by Gasteiger charge is 2.42. The highest BCUT2D eigenvalue weighted by atomic mass is 16.5. The first-order valence-electron chi connectivity index (χ1n) is 9.94. The predicted octanol–water partition coefficient (Wildman–Crippen LogP) is 0.945. The number of nitrogens with zero attached hydrogens (tertiary/aromatic N) is 5. The third-order valence-electron chi connectivity index (χ3n) is 5.07. The molecule has 1 aliphatic rings. The standard InChI is InChI=1S/C22H21N5O5/c1-4-32-19(28)17-16-13-23-21(31-3)24-18(16)27(25-17)15-7-5-6-14(12-15)8-9-22(30)10-11-26(2)20(22)29/h5-7,12-13,30H,4,10-11H2,1-3H3/t22-/m0/s1. The summed E-state index contributed by atoms with van der Waals surface area (Å²) < 4.78 is 11.7. The molecular weight excluding hydrogens is 414 g/mol. The van der Waals surface area contributed by atoms with Crippen LogP contribution >= 0.6 is 0 Å². The number of ether oxygens (including phenoxy) is 2. The predicted molar refractivity (Wildman–Crippen MR) is 113 cm³/mol. The summed E-state index contributed by atoms with van der Waals surface area (Å²) >= 11 is 0. The fourth-order valence-electron chi connectivity index (χ4n) is 3.38. The third kappa shape index (κ3) is 3.74. The van der Waals surface area contributed by atoms with E-state index in [0.29, 0.717) is 28.8 Å². The number of aliphatic hydroxyl groups is 1. The second kappa shape index (κ2) is 8.28. The van der Waals surface area contributed by atoms with Gasteiger partial charge in [-0.05, 0) is 25.1 Å².